The lowest BCUT2D eigenvalue weighted by atomic mass is 10.1. The monoisotopic (exact) mass is 317 g/mol. The summed E-state index contributed by atoms with van der Waals surface area (Å²) in [5.74, 6) is 0.971. The molecule has 0 saturated heterocycles. The first kappa shape index (κ1) is 16.6. The molecule has 1 N–H and O–H groups in total. The van der Waals surface area contributed by atoms with Crippen molar-refractivity contribution in [1.29, 1.82) is 0 Å². The van der Waals surface area contributed by atoms with Crippen molar-refractivity contribution in [2.75, 3.05) is 6.61 Å². The van der Waals surface area contributed by atoms with Gasteiger partial charge in [0.25, 0.3) is 0 Å². The zero-order chi connectivity index (χ0) is 15.8. The molecule has 4 heteroatoms. The molecule has 118 valence electrons. The number of nitrogens with one attached hydrogen (secondary N) is 1. The average molecular weight is 317 g/mol. The van der Waals surface area contributed by atoms with Crippen LogP contribution in [0.2, 0.25) is 0 Å². The summed E-state index contributed by atoms with van der Waals surface area (Å²) in [5.41, 5.74) is 1.09. The van der Waals surface area contributed by atoms with Crippen LogP contribution in [0.15, 0.2) is 41.8 Å². The molecule has 0 aliphatic rings. The largest absolute Gasteiger partial charge is 0.494 e. The van der Waals surface area contributed by atoms with Crippen LogP contribution < -0.4 is 10.1 Å². The van der Waals surface area contributed by atoms with E-state index in [2.05, 4.69) is 16.8 Å². The minimum absolute atomic E-state index is 0.0184. The number of rotatable bonds is 8. The van der Waals surface area contributed by atoms with Crippen LogP contribution in [0.3, 0.4) is 0 Å². The van der Waals surface area contributed by atoms with E-state index in [9.17, 15) is 4.79 Å². The molecule has 2 rings (SSSR count). The van der Waals surface area contributed by atoms with E-state index in [1.54, 1.807) is 11.3 Å². The third-order valence-corrected chi connectivity index (χ3v) is 4.41. The van der Waals surface area contributed by atoms with Gasteiger partial charge in [-0.05, 0) is 55.8 Å². The number of carbonyl (C=O) groups is 1. The predicted octanol–water partition coefficient (Wildman–Crippen LogP) is 4.35. The second-order valence-corrected chi connectivity index (χ2v) is 6.26. The zero-order valence-electron chi connectivity index (χ0n) is 13.2. The van der Waals surface area contributed by atoms with Gasteiger partial charge >= 0.3 is 0 Å². The Balaban J connectivity index is 1.75. The van der Waals surface area contributed by atoms with Crippen molar-refractivity contribution in [1.82, 2.24) is 5.32 Å². The van der Waals surface area contributed by atoms with Crippen molar-refractivity contribution in [3.05, 3.63) is 52.2 Å². The molecule has 0 radical (unpaired) electrons. The van der Waals surface area contributed by atoms with Crippen LogP contribution in [-0.4, -0.2) is 12.5 Å². The summed E-state index contributed by atoms with van der Waals surface area (Å²) in [4.78, 5) is 13.3. The first-order chi connectivity index (χ1) is 10.7. The quantitative estimate of drug-likeness (QED) is 0.786. The Morgan fingerprint density at radius 3 is 2.68 bits per heavy atom. The van der Waals surface area contributed by atoms with Gasteiger partial charge in [-0.2, -0.15) is 0 Å². The molecule has 1 aromatic carbocycles. The number of thiophene rings is 1. The van der Waals surface area contributed by atoms with Gasteiger partial charge in [-0.15, -0.1) is 11.3 Å². The maximum atomic E-state index is 12.0. The second kappa shape index (κ2) is 8.59. The Morgan fingerprint density at radius 2 is 2.05 bits per heavy atom. The molecule has 1 atom stereocenters. The van der Waals surface area contributed by atoms with Crippen molar-refractivity contribution in [2.45, 2.75) is 39.2 Å². The Kier molecular flexibility index (Phi) is 6.46. The predicted molar refractivity (Wildman–Crippen MR) is 91.4 cm³/mol. The fraction of sp³-hybridized carbons (Fsp3) is 0.389. The summed E-state index contributed by atoms with van der Waals surface area (Å²) in [6, 6.07) is 12.1. The lowest BCUT2D eigenvalue weighted by molar-refractivity contribution is -0.121. The zero-order valence-corrected chi connectivity index (χ0v) is 14.0. The van der Waals surface area contributed by atoms with Crippen LogP contribution in [0.4, 0.5) is 0 Å². The topological polar surface area (TPSA) is 38.3 Å². The van der Waals surface area contributed by atoms with Crippen molar-refractivity contribution in [3.63, 3.8) is 0 Å². The first-order valence-electron chi connectivity index (χ1n) is 7.73. The van der Waals surface area contributed by atoms with Gasteiger partial charge in [0.2, 0.25) is 5.91 Å². The Morgan fingerprint density at radius 1 is 1.27 bits per heavy atom. The Hall–Kier alpha value is -1.81. The third-order valence-electron chi connectivity index (χ3n) is 3.48. The molecule has 22 heavy (non-hydrogen) atoms. The van der Waals surface area contributed by atoms with E-state index in [4.69, 9.17) is 4.74 Å². The minimum atomic E-state index is 0.0184. The summed E-state index contributed by atoms with van der Waals surface area (Å²) >= 11 is 1.75. The van der Waals surface area contributed by atoms with Crippen LogP contribution in [0, 0.1) is 0 Å². The Bertz CT molecular complexity index is 563. The number of carbonyl (C=O) groups excluding carboxylic acids is 1. The van der Waals surface area contributed by atoms with Gasteiger partial charge < -0.3 is 10.1 Å². The highest BCUT2D eigenvalue weighted by Gasteiger charge is 2.09. The first-order valence-corrected chi connectivity index (χ1v) is 8.61. The molecule has 0 spiro atoms. The second-order valence-electron chi connectivity index (χ2n) is 5.22. The van der Waals surface area contributed by atoms with E-state index >= 15 is 0 Å². The SMILES string of the molecule is CCOc1ccc(C(C)NC(=O)CCCc2cccs2)cc1. The molecule has 0 fully saturated rings. The summed E-state index contributed by atoms with van der Waals surface area (Å²) in [6.45, 7) is 4.63. The molecule has 0 aliphatic heterocycles. The standard InChI is InChI=1S/C18H23NO2S/c1-3-21-16-11-9-15(10-12-16)14(2)19-18(20)8-4-6-17-7-5-13-22-17/h5,7,9-14H,3-4,6,8H2,1-2H3,(H,19,20). The fourth-order valence-corrected chi connectivity index (χ4v) is 3.05. The Labute approximate surface area is 136 Å². The lowest BCUT2D eigenvalue weighted by Gasteiger charge is -2.15. The van der Waals surface area contributed by atoms with Crippen LogP contribution in [0.5, 0.6) is 5.75 Å². The number of aryl methyl sites for hydroxylation is 1. The van der Waals surface area contributed by atoms with E-state index in [-0.39, 0.29) is 11.9 Å². The number of hydrogen-bond acceptors (Lipinski definition) is 3. The van der Waals surface area contributed by atoms with Crippen molar-refractivity contribution < 1.29 is 9.53 Å². The van der Waals surface area contributed by atoms with E-state index in [0.29, 0.717) is 13.0 Å². The van der Waals surface area contributed by atoms with Gasteiger partial charge in [0.05, 0.1) is 12.6 Å². The highest BCUT2D eigenvalue weighted by molar-refractivity contribution is 7.09. The number of benzene rings is 1. The molecule has 1 heterocycles. The van der Waals surface area contributed by atoms with E-state index in [0.717, 1.165) is 24.2 Å². The maximum absolute atomic E-state index is 12.0. The molecule has 0 aliphatic carbocycles. The van der Waals surface area contributed by atoms with Crippen LogP contribution in [-0.2, 0) is 11.2 Å². The summed E-state index contributed by atoms with van der Waals surface area (Å²) in [6.07, 6.45) is 2.43. The summed E-state index contributed by atoms with van der Waals surface area (Å²) in [5, 5.41) is 5.12. The normalized spacial score (nSPS) is 11.9. The maximum Gasteiger partial charge on any atom is 0.220 e. The van der Waals surface area contributed by atoms with Gasteiger partial charge in [0.15, 0.2) is 0 Å². The highest BCUT2D eigenvalue weighted by Crippen LogP contribution is 2.18. The van der Waals surface area contributed by atoms with Crippen LogP contribution >= 0.6 is 11.3 Å². The fourth-order valence-electron chi connectivity index (χ4n) is 2.29. The van der Waals surface area contributed by atoms with Gasteiger partial charge in [0.1, 0.15) is 5.75 Å². The van der Waals surface area contributed by atoms with E-state index in [1.165, 1.54) is 4.88 Å². The molecule has 0 saturated carbocycles. The summed E-state index contributed by atoms with van der Waals surface area (Å²) < 4.78 is 5.42. The molecule has 0 bridgehead atoms. The molecule has 3 nitrogen and oxygen atoms in total. The van der Waals surface area contributed by atoms with Crippen molar-refractivity contribution >= 4 is 17.2 Å². The average Bonchev–Trinajstić information content (AvgIpc) is 3.01. The smallest absolute Gasteiger partial charge is 0.220 e. The number of hydrogen-bond donors (Lipinski definition) is 1. The molecular weight excluding hydrogens is 294 g/mol. The van der Waals surface area contributed by atoms with Gasteiger partial charge in [-0.3, -0.25) is 4.79 Å². The van der Waals surface area contributed by atoms with Gasteiger partial charge in [0, 0.05) is 11.3 Å². The van der Waals surface area contributed by atoms with Crippen molar-refractivity contribution in [2.24, 2.45) is 0 Å². The van der Waals surface area contributed by atoms with Crippen LogP contribution in [0.1, 0.15) is 43.2 Å². The number of amides is 1. The molecule has 1 amide bonds. The third kappa shape index (κ3) is 5.19. The van der Waals surface area contributed by atoms with Crippen LogP contribution in [0.25, 0.3) is 0 Å². The van der Waals surface area contributed by atoms with Gasteiger partial charge in [-0.25, -0.2) is 0 Å². The lowest BCUT2D eigenvalue weighted by Crippen LogP contribution is -2.26. The van der Waals surface area contributed by atoms with Crippen molar-refractivity contribution in [3.8, 4) is 5.75 Å². The molecular formula is C18H23NO2S. The van der Waals surface area contributed by atoms with E-state index in [1.807, 2.05) is 44.2 Å². The molecule has 1 aromatic heterocycles. The molecule has 1 unspecified atom stereocenters. The summed E-state index contributed by atoms with van der Waals surface area (Å²) in [7, 11) is 0. The number of ether oxygens (including phenoxy) is 1. The van der Waals surface area contributed by atoms with E-state index < -0.39 is 0 Å². The minimum Gasteiger partial charge on any atom is -0.494 e. The van der Waals surface area contributed by atoms with Gasteiger partial charge in [-0.1, -0.05) is 18.2 Å². The molecule has 2 aromatic rings. The highest BCUT2D eigenvalue weighted by atomic mass is 32.1.